The highest BCUT2D eigenvalue weighted by atomic mass is 19.1. The van der Waals surface area contributed by atoms with Crippen LogP contribution in [0.25, 0.3) is 0 Å². The number of benzene rings is 1. The molecule has 1 aliphatic heterocycles. The Balaban J connectivity index is 2.13. The summed E-state index contributed by atoms with van der Waals surface area (Å²) in [4.78, 5) is 14.8. The SMILES string of the molecule is CC(=O)N1CCN(c2c(N)cccc2F)CC1. The molecule has 17 heavy (non-hydrogen) atoms. The lowest BCUT2D eigenvalue weighted by Crippen LogP contribution is -2.48. The summed E-state index contributed by atoms with van der Waals surface area (Å²) in [7, 11) is 0. The molecule has 2 N–H and O–H groups in total. The Morgan fingerprint density at radius 1 is 1.29 bits per heavy atom. The van der Waals surface area contributed by atoms with Crippen LogP contribution in [0.5, 0.6) is 0 Å². The molecule has 2 rings (SSSR count). The van der Waals surface area contributed by atoms with E-state index in [1.165, 1.54) is 6.07 Å². The maximum atomic E-state index is 13.7. The predicted octanol–water partition coefficient (Wildman–Crippen LogP) is 1.08. The van der Waals surface area contributed by atoms with Crippen molar-refractivity contribution in [2.75, 3.05) is 36.8 Å². The molecule has 5 heteroatoms. The largest absolute Gasteiger partial charge is 0.397 e. The monoisotopic (exact) mass is 237 g/mol. The van der Waals surface area contributed by atoms with E-state index in [1.807, 2.05) is 4.90 Å². The number of piperazine rings is 1. The highest BCUT2D eigenvalue weighted by molar-refractivity contribution is 5.74. The topological polar surface area (TPSA) is 49.6 Å². The molecule has 0 radical (unpaired) electrons. The first-order valence-corrected chi connectivity index (χ1v) is 5.64. The normalized spacial score (nSPS) is 16.1. The van der Waals surface area contributed by atoms with E-state index in [0.717, 1.165) is 0 Å². The molecule has 4 nitrogen and oxygen atoms in total. The lowest BCUT2D eigenvalue weighted by molar-refractivity contribution is -0.129. The molecule has 1 fully saturated rings. The van der Waals surface area contributed by atoms with E-state index < -0.39 is 0 Å². The van der Waals surface area contributed by atoms with Crippen LogP contribution in [0.2, 0.25) is 0 Å². The molecule has 1 aromatic rings. The van der Waals surface area contributed by atoms with Crippen molar-refractivity contribution in [1.29, 1.82) is 0 Å². The lowest BCUT2D eigenvalue weighted by Gasteiger charge is -2.36. The maximum Gasteiger partial charge on any atom is 0.219 e. The fraction of sp³-hybridized carbons (Fsp3) is 0.417. The standard InChI is InChI=1S/C12H16FN3O/c1-9(17)15-5-7-16(8-6-15)12-10(13)3-2-4-11(12)14/h2-4H,5-8,14H2,1H3. The van der Waals surface area contributed by atoms with E-state index in [2.05, 4.69) is 0 Å². The third-order valence-corrected chi connectivity index (χ3v) is 3.06. The van der Waals surface area contributed by atoms with Crippen LogP contribution in [0.3, 0.4) is 0 Å². The highest BCUT2D eigenvalue weighted by Gasteiger charge is 2.22. The lowest BCUT2D eigenvalue weighted by atomic mass is 10.2. The number of hydrogen-bond donors (Lipinski definition) is 1. The maximum absolute atomic E-state index is 13.7. The van der Waals surface area contributed by atoms with Gasteiger partial charge in [-0.2, -0.15) is 0 Å². The predicted molar refractivity (Wildman–Crippen MR) is 65.3 cm³/mol. The number of hydrogen-bond acceptors (Lipinski definition) is 3. The van der Waals surface area contributed by atoms with Gasteiger partial charge in [-0.3, -0.25) is 4.79 Å². The summed E-state index contributed by atoms with van der Waals surface area (Å²) < 4.78 is 13.7. The first-order valence-electron chi connectivity index (χ1n) is 5.64. The smallest absolute Gasteiger partial charge is 0.219 e. The molecule has 0 saturated carbocycles. The number of carbonyl (C=O) groups is 1. The molecule has 0 bridgehead atoms. The van der Waals surface area contributed by atoms with Crippen molar-refractivity contribution in [1.82, 2.24) is 4.90 Å². The van der Waals surface area contributed by atoms with Gasteiger partial charge in [0.2, 0.25) is 5.91 Å². The molecule has 1 heterocycles. The fourth-order valence-corrected chi connectivity index (χ4v) is 2.11. The minimum absolute atomic E-state index is 0.0613. The second-order valence-electron chi connectivity index (χ2n) is 4.17. The van der Waals surface area contributed by atoms with Crippen LogP contribution in [0, 0.1) is 5.82 Å². The number of rotatable bonds is 1. The van der Waals surface area contributed by atoms with Crippen molar-refractivity contribution in [3.05, 3.63) is 24.0 Å². The van der Waals surface area contributed by atoms with Crippen LogP contribution in [-0.2, 0) is 4.79 Å². The van der Waals surface area contributed by atoms with Crippen molar-refractivity contribution in [2.24, 2.45) is 0 Å². The molecule has 1 aliphatic rings. The minimum Gasteiger partial charge on any atom is -0.397 e. The number of amides is 1. The minimum atomic E-state index is -0.304. The van der Waals surface area contributed by atoms with E-state index >= 15 is 0 Å². The van der Waals surface area contributed by atoms with Crippen LogP contribution in [0.4, 0.5) is 15.8 Å². The Morgan fingerprint density at radius 2 is 1.94 bits per heavy atom. The van der Waals surface area contributed by atoms with Crippen molar-refractivity contribution in [3.8, 4) is 0 Å². The van der Waals surface area contributed by atoms with Gasteiger partial charge in [0.05, 0.1) is 11.4 Å². The van der Waals surface area contributed by atoms with E-state index in [4.69, 9.17) is 5.73 Å². The van der Waals surface area contributed by atoms with Gasteiger partial charge in [-0.05, 0) is 12.1 Å². The molecular weight excluding hydrogens is 221 g/mol. The fourth-order valence-electron chi connectivity index (χ4n) is 2.11. The molecule has 0 unspecified atom stereocenters. The Hall–Kier alpha value is -1.78. The number of nitrogens with zero attached hydrogens (tertiary/aromatic N) is 2. The summed E-state index contributed by atoms with van der Waals surface area (Å²) in [6.45, 7) is 4.01. The summed E-state index contributed by atoms with van der Waals surface area (Å²) in [6.07, 6.45) is 0. The van der Waals surface area contributed by atoms with Crippen LogP contribution < -0.4 is 10.6 Å². The van der Waals surface area contributed by atoms with E-state index in [0.29, 0.717) is 37.6 Å². The highest BCUT2D eigenvalue weighted by Crippen LogP contribution is 2.27. The molecule has 1 saturated heterocycles. The second-order valence-corrected chi connectivity index (χ2v) is 4.17. The van der Waals surface area contributed by atoms with Gasteiger partial charge < -0.3 is 15.5 Å². The summed E-state index contributed by atoms with van der Waals surface area (Å²) >= 11 is 0. The molecule has 0 atom stereocenters. The quantitative estimate of drug-likeness (QED) is 0.743. The van der Waals surface area contributed by atoms with Gasteiger partial charge in [0.1, 0.15) is 5.82 Å². The van der Waals surface area contributed by atoms with E-state index in [1.54, 1.807) is 24.0 Å². The Kier molecular flexibility index (Phi) is 3.17. The summed E-state index contributed by atoms with van der Waals surface area (Å²) in [5.41, 5.74) is 6.68. The van der Waals surface area contributed by atoms with Gasteiger partial charge in [-0.1, -0.05) is 6.07 Å². The molecule has 92 valence electrons. The Morgan fingerprint density at radius 3 is 2.47 bits per heavy atom. The van der Waals surface area contributed by atoms with Crippen LogP contribution >= 0.6 is 0 Å². The van der Waals surface area contributed by atoms with Gasteiger partial charge in [-0.25, -0.2) is 4.39 Å². The summed E-state index contributed by atoms with van der Waals surface area (Å²) in [6, 6.07) is 4.69. The van der Waals surface area contributed by atoms with Gasteiger partial charge in [0.15, 0.2) is 0 Å². The molecule has 0 aromatic heterocycles. The summed E-state index contributed by atoms with van der Waals surface area (Å²) in [5, 5.41) is 0. The molecule has 0 spiro atoms. The van der Waals surface area contributed by atoms with Crippen LogP contribution in [-0.4, -0.2) is 37.0 Å². The molecular formula is C12H16FN3O. The van der Waals surface area contributed by atoms with Crippen molar-refractivity contribution >= 4 is 17.3 Å². The Labute approximate surface area is 99.8 Å². The van der Waals surface area contributed by atoms with Gasteiger partial charge >= 0.3 is 0 Å². The third-order valence-electron chi connectivity index (χ3n) is 3.06. The average Bonchev–Trinajstić information content (AvgIpc) is 2.29. The molecule has 0 aliphatic carbocycles. The van der Waals surface area contributed by atoms with Crippen LogP contribution in [0.15, 0.2) is 18.2 Å². The van der Waals surface area contributed by atoms with Gasteiger partial charge in [0, 0.05) is 33.1 Å². The van der Waals surface area contributed by atoms with E-state index in [9.17, 15) is 9.18 Å². The van der Waals surface area contributed by atoms with Crippen molar-refractivity contribution < 1.29 is 9.18 Å². The van der Waals surface area contributed by atoms with Crippen molar-refractivity contribution in [3.63, 3.8) is 0 Å². The van der Waals surface area contributed by atoms with E-state index in [-0.39, 0.29) is 11.7 Å². The number of carbonyl (C=O) groups excluding carboxylic acids is 1. The van der Waals surface area contributed by atoms with Gasteiger partial charge in [0.25, 0.3) is 0 Å². The number of nitrogen functional groups attached to an aromatic ring is 1. The average molecular weight is 237 g/mol. The zero-order valence-corrected chi connectivity index (χ0v) is 9.82. The molecule has 1 amide bonds. The zero-order valence-electron chi connectivity index (χ0n) is 9.82. The first-order chi connectivity index (χ1) is 8.09. The first kappa shape index (κ1) is 11.7. The zero-order chi connectivity index (χ0) is 12.4. The second kappa shape index (κ2) is 4.61. The number of para-hydroxylation sites is 1. The Bertz CT molecular complexity index is 408. The van der Waals surface area contributed by atoms with Crippen LogP contribution in [0.1, 0.15) is 6.92 Å². The summed E-state index contributed by atoms with van der Waals surface area (Å²) in [5.74, 6) is -0.243. The molecule has 1 aromatic carbocycles. The number of halogens is 1. The number of nitrogens with two attached hydrogens (primary N) is 1. The van der Waals surface area contributed by atoms with Gasteiger partial charge in [-0.15, -0.1) is 0 Å². The van der Waals surface area contributed by atoms with Crippen molar-refractivity contribution in [2.45, 2.75) is 6.92 Å². The third kappa shape index (κ3) is 2.33. The number of anilines is 2.